The van der Waals surface area contributed by atoms with Crippen LogP contribution in [0, 0.1) is 11.8 Å². The van der Waals surface area contributed by atoms with E-state index < -0.39 is 0 Å². The lowest BCUT2D eigenvalue weighted by molar-refractivity contribution is 0.269. The second-order valence-electron chi connectivity index (χ2n) is 3.13. The third-order valence-corrected chi connectivity index (χ3v) is 2.48. The van der Waals surface area contributed by atoms with Gasteiger partial charge in [-0.05, 0) is 43.9 Å². The van der Waals surface area contributed by atoms with Gasteiger partial charge in [0.05, 0.1) is 0 Å². The summed E-state index contributed by atoms with van der Waals surface area (Å²) in [6, 6.07) is 0. The van der Waals surface area contributed by atoms with Crippen LogP contribution in [0.3, 0.4) is 0 Å². The Morgan fingerprint density at radius 2 is 2.22 bits per heavy atom. The Morgan fingerprint density at radius 3 is 2.56 bits per heavy atom. The van der Waals surface area contributed by atoms with Crippen molar-refractivity contribution in [3.05, 3.63) is 18.6 Å². The van der Waals surface area contributed by atoms with Crippen molar-refractivity contribution >= 4 is 0 Å². The molecule has 1 saturated carbocycles. The molecule has 1 fully saturated rings. The predicted molar refractivity (Wildman–Crippen MR) is 37.9 cm³/mol. The highest BCUT2D eigenvalue weighted by atomic mass is 14.4. The summed E-state index contributed by atoms with van der Waals surface area (Å²) < 4.78 is 0. The summed E-state index contributed by atoms with van der Waals surface area (Å²) in [4.78, 5) is 0. The highest BCUT2D eigenvalue weighted by Crippen LogP contribution is 2.47. The lowest BCUT2D eigenvalue weighted by Crippen LogP contribution is -2.28. The largest absolute Gasteiger partial charge is 0.0880 e. The molecule has 2 aliphatic rings. The van der Waals surface area contributed by atoms with E-state index >= 15 is 0 Å². The topological polar surface area (TPSA) is 0 Å². The van der Waals surface area contributed by atoms with Gasteiger partial charge in [-0.25, -0.2) is 0 Å². The van der Waals surface area contributed by atoms with Gasteiger partial charge in [0.2, 0.25) is 0 Å². The first-order chi connectivity index (χ1) is 4.41. The first-order valence-electron chi connectivity index (χ1n) is 3.84. The van der Waals surface area contributed by atoms with Crippen LogP contribution in [0.15, 0.2) is 12.2 Å². The van der Waals surface area contributed by atoms with Crippen molar-refractivity contribution in [2.45, 2.75) is 32.1 Å². The highest BCUT2D eigenvalue weighted by molar-refractivity contribution is 5.16. The van der Waals surface area contributed by atoms with E-state index in [1.807, 2.05) is 0 Å². The molecule has 0 heterocycles. The summed E-state index contributed by atoms with van der Waals surface area (Å²) in [5.74, 6) is 0. The average Bonchev–Trinajstić information content (AvgIpc) is 1.87. The van der Waals surface area contributed by atoms with Gasteiger partial charge in [0.15, 0.2) is 0 Å². The maximum Gasteiger partial charge on any atom is -0.00498 e. The van der Waals surface area contributed by atoms with Crippen LogP contribution >= 0.6 is 0 Å². The third-order valence-electron chi connectivity index (χ3n) is 2.48. The molecule has 0 aromatic heterocycles. The highest BCUT2D eigenvalue weighted by Gasteiger charge is 2.35. The van der Waals surface area contributed by atoms with Crippen molar-refractivity contribution in [2.75, 3.05) is 0 Å². The molecule has 0 aromatic rings. The fraction of sp³-hybridized carbons (Fsp3) is 0.667. The molecule has 0 N–H and O–H groups in total. The number of allylic oxidation sites excluding steroid dienone is 2. The van der Waals surface area contributed by atoms with Gasteiger partial charge in [-0.3, -0.25) is 0 Å². The molecule has 0 amide bonds. The Labute approximate surface area is 57.0 Å². The van der Waals surface area contributed by atoms with Crippen molar-refractivity contribution in [1.82, 2.24) is 0 Å². The van der Waals surface area contributed by atoms with E-state index in [1.54, 1.807) is 0 Å². The molecule has 0 aliphatic heterocycles. The van der Waals surface area contributed by atoms with Crippen LogP contribution in [0.2, 0.25) is 0 Å². The molecule has 48 valence electrons. The third kappa shape index (κ3) is 0.810. The smallest absolute Gasteiger partial charge is 0.00498 e. The Balaban J connectivity index is 2.09. The minimum Gasteiger partial charge on any atom is -0.0880 e. The molecule has 2 aliphatic carbocycles. The van der Waals surface area contributed by atoms with E-state index in [0.717, 1.165) is 0 Å². The quantitative estimate of drug-likeness (QED) is 0.431. The van der Waals surface area contributed by atoms with Crippen LogP contribution in [0.4, 0.5) is 0 Å². The Hall–Kier alpha value is -0.260. The monoisotopic (exact) mass is 120 g/mol. The summed E-state index contributed by atoms with van der Waals surface area (Å²) >= 11 is 0. The van der Waals surface area contributed by atoms with Crippen LogP contribution in [-0.2, 0) is 0 Å². The van der Waals surface area contributed by atoms with Gasteiger partial charge in [-0.1, -0.05) is 12.2 Å². The van der Waals surface area contributed by atoms with Crippen LogP contribution in [0.25, 0.3) is 0 Å². The molecular formula is C9H12. The SMILES string of the molecule is [C]1CCC12C=CCCC2. The molecule has 2 rings (SSSR count). The molecule has 0 saturated heterocycles. The fourth-order valence-corrected chi connectivity index (χ4v) is 1.73. The molecule has 1 unspecified atom stereocenters. The Bertz CT molecular complexity index is 129. The van der Waals surface area contributed by atoms with Gasteiger partial charge in [0, 0.05) is 0 Å². The van der Waals surface area contributed by atoms with Gasteiger partial charge in [-0.15, -0.1) is 0 Å². The number of hydrogen-bond donors (Lipinski definition) is 0. The molecule has 1 atom stereocenters. The van der Waals surface area contributed by atoms with Crippen molar-refractivity contribution < 1.29 is 0 Å². The molecule has 2 radical (unpaired) electrons. The molecule has 9 heavy (non-hydrogen) atoms. The summed E-state index contributed by atoms with van der Waals surface area (Å²) in [5, 5.41) is 0. The van der Waals surface area contributed by atoms with E-state index in [1.165, 1.54) is 32.1 Å². The van der Waals surface area contributed by atoms with Gasteiger partial charge < -0.3 is 0 Å². The van der Waals surface area contributed by atoms with Crippen LogP contribution in [0.5, 0.6) is 0 Å². The van der Waals surface area contributed by atoms with Crippen LogP contribution in [0.1, 0.15) is 32.1 Å². The Kier molecular flexibility index (Phi) is 1.14. The zero-order chi connectivity index (χ0) is 6.16. The standard InChI is InChI=1S/C9H12/c1-2-5-9(6-3-1)7-4-8-9/h2,5H,1,3-4,6-7H2. The van der Waals surface area contributed by atoms with Gasteiger partial charge in [-0.2, -0.15) is 0 Å². The summed E-state index contributed by atoms with van der Waals surface area (Å²) in [5.41, 5.74) is 0.470. The van der Waals surface area contributed by atoms with Crippen LogP contribution in [-0.4, -0.2) is 0 Å². The lowest BCUT2D eigenvalue weighted by atomic mass is 9.64. The van der Waals surface area contributed by atoms with E-state index in [9.17, 15) is 0 Å². The molecule has 0 heteroatoms. The van der Waals surface area contributed by atoms with Crippen molar-refractivity contribution in [3.8, 4) is 0 Å². The average molecular weight is 120 g/mol. The van der Waals surface area contributed by atoms with E-state index in [4.69, 9.17) is 0 Å². The van der Waals surface area contributed by atoms with Crippen LogP contribution < -0.4 is 0 Å². The predicted octanol–water partition coefficient (Wildman–Crippen LogP) is 2.59. The van der Waals surface area contributed by atoms with E-state index in [-0.39, 0.29) is 0 Å². The maximum absolute atomic E-state index is 3.47. The summed E-state index contributed by atoms with van der Waals surface area (Å²) in [6.07, 6.45) is 14.8. The second kappa shape index (κ2) is 1.86. The Morgan fingerprint density at radius 1 is 1.33 bits per heavy atom. The van der Waals surface area contributed by atoms with E-state index in [0.29, 0.717) is 5.41 Å². The van der Waals surface area contributed by atoms with Crippen molar-refractivity contribution in [1.29, 1.82) is 0 Å². The maximum atomic E-state index is 3.47. The molecule has 0 nitrogen and oxygen atoms in total. The zero-order valence-electron chi connectivity index (χ0n) is 5.69. The first kappa shape index (κ1) is 5.52. The molecule has 0 aromatic carbocycles. The van der Waals surface area contributed by atoms with Gasteiger partial charge in [0.25, 0.3) is 0 Å². The first-order valence-corrected chi connectivity index (χ1v) is 3.84. The number of rotatable bonds is 0. The molecule has 1 spiro atoms. The molecular weight excluding hydrogens is 108 g/mol. The van der Waals surface area contributed by atoms with Crippen molar-refractivity contribution in [2.24, 2.45) is 5.41 Å². The zero-order valence-corrected chi connectivity index (χ0v) is 5.69. The lowest BCUT2D eigenvalue weighted by Gasteiger charge is -2.40. The van der Waals surface area contributed by atoms with E-state index in [2.05, 4.69) is 18.6 Å². The normalized spacial score (nSPS) is 30.2. The van der Waals surface area contributed by atoms with Gasteiger partial charge >= 0.3 is 0 Å². The minimum absolute atomic E-state index is 0.470. The van der Waals surface area contributed by atoms with Gasteiger partial charge in [0.1, 0.15) is 0 Å². The number of hydrogen-bond acceptors (Lipinski definition) is 0. The van der Waals surface area contributed by atoms with Crippen molar-refractivity contribution in [3.63, 3.8) is 0 Å². The second-order valence-corrected chi connectivity index (χ2v) is 3.13. The summed E-state index contributed by atoms with van der Waals surface area (Å²) in [6.45, 7) is 0. The molecule has 0 bridgehead atoms. The fourth-order valence-electron chi connectivity index (χ4n) is 1.73. The summed E-state index contributed by atoms with van der Waals surface area (Å²) in [7, 11) is 0. The minimum atomic E-state index is 0.470.